The molecule has 0 atom stereocenters. The molecule has 3 amide bonds. The van der Waals surface area contributed by atoms with Crippen LogP contribution in [-0.4, -0.2) is 24.3 Å². The Hall–Kier alpha value is -2.70. The number of amides is 3. The highest BCUT2D eigenvalue weighted by Gasteiger charge is 2.20. The van der Waals surface area contributed by atoms with Crippen LogP contribution in [0.4, 0.5) is 15.8 Å². The molecular formula is C17H22FN3O3. The van der Waals surface area contributed by atoms with Crippen LogP contribution in [0.25, 0.3) is 0 Å². The van der Waals surface area contributed by atoms with Gasteiger partial charge in [0.15, 0.2) is 0 Å². The van der Waals surface area contributed by atoms with Crippen LogP contribution in [0, 0.1) is 11.2 Å². The molecule has 24 heavy (non-hydrogen) atoms. The first-order chi connectivity index (χ1) is 11.1. The second-order valence-electron chi connectivity index (χ2n) is 6.19. The molecule has 1 rings (SSSR count). The number of carbonyl (C=O) groups is 3. The summed E-state index contributed by atoms with van der Waals surface area (Å²) in [6.45, 7) is 8.81. The van der Waals surface area contributed by atoms with E-state index < -0.39 is 17.1 Å². The number of rotatable bonds is 6. The molecule has 0 aromatic heterocycles. The average molecular weight is 335 g/mol. The van der Waals surface area contributed by atoms with Crippen LogP contribution in [0.1, 0.15) is 27.2 Å². The van der Waals surface area contributed by atoms with Crippen molar-refractivity contribution in [3.63, 3.8) is 0 Å². The van der Waals surface area contributed by atoms with Crippen molar-refractivity contribution in [3.05, 3.63) is 36.7 Å². The third kappa shape index (κ3) is 6.20. The van der Waals surface area contributed by atoms with Crippen LogP contribution in [0.5, 0.6) is 0 Å². The molecule has 0 aliphatic heterocycles. The number of hydrogen-bond acceptors (Lipinski definition) is 3. The molecule has 0 aliphatic carbocycles. The first kappa shape index (κ1) is 19.3. The first-order valence-corrected chi connectivity index (χ1v) is 7.44. The molecule has 1 aromatic carbocycles. The van der Waals surface area contributed by atoms with Gasteiger partial charge in [-0.15, -0.1) is 0 Å². The largest absolute Gasteiger partial charge is 0.355 e. The van der Waals surface area contributed by atoms with Crippen LogP contribution in [-0.2, 0) is 14.4 Å². The molecule has 0 saturated heterocycles. The summed E-state index contributed by atoms with van der Waals surface area (Å²) in [5.74, 6) is -1.66. The number of carbonyl (C=O) groups excluding carboxylic acids is 3. The van der Waals surface area contributed by atoms with Crippen LogP contribution in [0.2, 0.25) is 0 Å². The van der Waals surface area contributed by atoms with Crippen molar-refractivity contribution in [1.29, 1.82) is 0 Å². The second kappa shape index (κ2) is 8.24. The van der Waals surface area contributed by atoms with Gasteiger partial charge in [-0.25, -0.2) is 4.39 Å². The van der Waals surface area contributed by atoms with Crippen molar-refractivity contribution in [3.8, 4) is 0 Å². The van der Waals surface area contributed by atoms with Crippen molar-refractivity contribution in [2.24, 2.45) is 5.41 Å². The summed E-state index contributed by atoms with van der Waals surface area (Å²) >= 11 is 0. The Bertz CT molecular complexity index is 651. The lowest BCUT2D eigenvalue weighted by atomic mass is 9.96. The summed E-state index contributed by atoms with van der Waals surface area (Å²) in [6, 6.07) is 3.82. The zero-order chi connectivity index (χ0) is 18.3. The minimum atomic E-state index is -0.624. The Morgan fingerprint density at radius 1 is 1.21 bits per heavy atom. The van der Waals surface area contributed by atoms with Crippen molar-refractivity contribution in [2.75, 3.05) is 17.2 Å². The maximum Gasteiger partial charge on any atom is 0.247 e. The van der Waals surface area contributed by atoms with Crippen LogP contribution in [0.3, 0.4) is 0 Å². The van der Waals surface area contributed by atoms with Crippen molar-refractivity contribution >= 4 is 29.1 Å². The number of halogens is 1. The van der Waals surface area contributed by atoms with Crippen molar-refractivity contribution in [1.82, 2.24) is 5.32 Å². The van der Waals surface area contributed by atoms with E-state index in [9.17, 15) is 18.8 Å². The van der Waals surface area contributed by atoms with E-state index in [1.54, 1.807) is 20.8 Å². The summed E-state index contributed by atoms with van der Waals surface area (Å²) in [4.78, 5) is 34.8. The van der Waals surface area contributed by atoms with Crippen LogP contribution >= 0.6 is 0 Å². The summed E-state index contributed by atoms with van der Waals surface area (Å²) in [7, 11) is 0. The zero-order valence-electron chi connectivity index (χ0n) is 14.0. The van der Waals surface area contributed by atoms with E-state index in [4.69, 9.17) is 0 Å². The van der Waals surface area contributed by atoms with Gasteiger partial charge in [0.2, 0.25) is 17.7 Å². The molecule has 0 heterocycles. The van der Waals surface area contributed by atoms with E-state index in [0.29, 0.717) is 5.69 Å². The smallest absolute Gasteiger partial charge is 0.247 e. The van der Waals surface area contributed by atoms with Crippen LogP contribution in [0.15, 0.2) is 30.9 Å². The van der Waals surface area contributed by atoms with E-state index in [1.165, 1.54) is 12.1 Å². The van der Waals surface area contributed by atoms with E-state index in [1.807, 2.05) is 0 Å². The number of hydrogen-bond donors (Lipinski definition) is 3. The van der Waals surface area contributed by atoms with Gasteiger partial charge in [0, 0.05) is 24.1 Å². The Morgan fingerprint density at radius 2 is 1.88 bits per heavy atom. The number of benzene rings is 1. The van der Waals surface area contributed by atoms with Gasteiger partial charge in [-0.05, 0) is 24.3 Å². The predicted octanol–water partition coefficient (Wildman–Crippen LogP) is 2.44. The first-order valence-electron chi connectivity index (χ1n) is 7.44. The van der Waals surface area contributed by atoms with E-state index >= 15 is 0 Å². The molecule has 1 aromatic rings. The lowest BCUT2D eigenvalue weighted by molar-refractivity contribution is -0.128. The van der Waals surface area contributed by atoms with Gasteiger partial charge < -0.3 is 16.0 Å². The van der Waals surface area contributed by atoms with Crippen molar-refractivity contribution < 1.29 is 18.8 Å². The Labute approximate surface area is 140 Å². The average Bonchev–Trinajstić information content (AvgIpc) is 2.49. The van der Waals surface area contributed by atoms with Gasteiger partial charge >= 0.3 is 0 Å². The van der Waals surface area contributed by atoms with Crippen molar-refractivity contribution in [2.45, 2.75) is 27.2 Å². The molecule has 0 bridgehead atoms. The molecular weight excluding hydrogens is 313 g/mol. The summed E-state index contributed by atoms with van der Waals surface area (Å²) in [6.07, 6.45) is 1.09. The highest BCUT2D eigenvalue weighted by atomic mass is 19.1. The van der Waals surface area contributed by atoms with Gasteiger partial charge in [-0.1, -0.05) is 27.4 Å². The standard InChI is InChI=1S/C17H22FN3O3/c1-5-14(22)21-13-10-11(6-7-12(13)18)20-15(23)8-9-19-16(24)17(2,3)4/h5-7,10H,1,8-9H2,2-4H3,(H,19,24)(H,20,23)(H,21,22). The Balaban J connectivity index is 2.58. The third-order valence-corrected chi connectivity index (χ3v) is 3.01. The zero-order valence-corrected chi connectivity index (χ0v) is 14.0. The molecule has 0 saturated carbocycles. The van der Waals surface area contributed by atoms with E-state index in [0.717, 1.165) is 12.1 Å². The minimum Gasteiger partial charge on any atom is -0.355 e. The van der Waals surface area contributed by atoms with E-state index in [-0.39, 0.29) is 30.5 Å². The van der Waals surface area contributed by atoms with Gasteiger partial charge in [0.1, 0.15) is 5.82 Å². The summed E-state index contributed by atoms with van der Waals surface area (Å²) in [5, 5.41) is 7.55. The molecule has 7 heteroatoms. The van der Waals surface area contributed by atoms with E-state index in [2.05, 4.69) is 22.5 Å². The monoisotopic (exact) mass is 335 g/mol. The fourth-order valence-corrected chi connectivity index (χ4v) is 1.66. The molecule has 0 radical (unpaired) electrons. The number of nitrogens with one attached hydrogen (secondary N) is 3. The normalized spacial score (nSPS) is 10.7. The molecule has 0 spiro atoms. The van der Waals surface area contributed by atoms with Gasteiger partial charge in [0.25, 0.3) is 0 Å². The predicted molar refractivity (Wildman–Crippen MR) is 90.9 cm³/mol. The minimum absolute atomic E-state index is 0.0567. The second-order valence-corrected chi connectivity index (χ2v) is 6.19. The highest BCUT2D eigenvalue weighted by molar-refractivity contribution is 5.99. The Kier molecular flexibility index (Phi) is 6.64. The van der Waals surface area contributed by atoms with Gasteiger partial charge in [-0.2, -0.15) is 0 Å². The molecule has 3 N–H and O–H groups in total. The van der Waals surface area contributed by atoms with Gasteiger partial charge in [0.05, 0.1) is 5.69 Å². The fraction of sp³-hybridized carbons (Fsp3) is 0.353. The molecule has 0 fully saturated rings. The molecule has 0 aliphatic rings. The quantitative estimate of drug-likeness (QED) is 0.698. The molecule has 6 nitrogen and oxygen atoms in total. The highest BCUT2D eigenvalue weighted by Crippen LogP contribution is 2.20. The van der Waals surface area contributed by atoms with Crippen LogP contribution < -0.4 is 16.0 Å². The SMILES string of the molecule is C=CC(=O)Nc1cc(NC(=O)CCNC(=O)C(C)(C)C)ccc1F. The summed E-state index contributed by atoms with van der Waals surface area (Å²) in [5.41, 5.74) is -0.243. The fourth-order valence-electron chi connectivity index (χ4n) is 1.66. The third-order valence-electron chi connectivity index (χ3n) is 3.01. The number of anilines is 2. The molecule has 0 unspecified atom stereocenters. The molecule has 130 valence electrons. The maximum absolute atomic E-state index is 13.6. The summed E-state index contributed by atoms with van der Waals surface area (Å²) < 4.78 is 13.6. The topological polar surface area (TPSA) is 87.3 Å². The lowest BCUT2D eigenvalue weighted by Crippen LogP contribution is -2.36. The Morgan fingerprint density at radius 3 is 2.46 bits per heavy atom. The lowest BCUT2D eigenvalue weighted by Gasteiger charge is -2.17. The maximum atomic E-state index is 13.6. The van der Waals surface area contributed by atoms with Gasteiger partial charge in [-0.3, -0.25) is 14.4 Å².